The van der Waals surface area contributed by atoms with Crippen LogP contribution >= 0.6 is 0 Å². The van der Waals surface area contributed by atoms with Crippen molar-refractivity contribution in [3.63, 3.8) is 0 Å². The van der Waals surface area contributed by atoms with Crippen LogP contribution in [0.2, 0.25) is 0 Å². The van der Waals surface area contributed by atoms with Gasteiger partial charge in [0.15, 0.2) is 0 Å². The highest BCUT2D eigenvalue weighted by Crippen LogP contribution is 2.40. The summed E-state index contributed by atoms with van der Waals surface area (Å²) in [5.74, 6) is 0.188. The van der Waals surface area contributed by atoms with E-state index < -0.39 is 5.97 Å². The predicted molar refractivity (Wildman–Crippen MR) is 69.5 cm³/mol. The van der Waals surface area contributed by atoms with Crippen LogP contribution in [0, 0.1) is 5.92 Å². The van der Waals surface area contributed by atoms with Gasteiger partial charge in [0.1, 0.15) is 0 Å². The van der Waals surface area contributed by atoms with Gasteiger partial charge >= 0.3 is 5.97 Å². The normalized spacial score (nSPS) is 35.6. The number of piperidine rings is 1. The van der Waals surface area contributed by atoms with E-state index in [4.69, 9.17) is 0 Å². The van der Waals surface area contributed by atoms with Crippen molar-refractivity contribution in [3.05, 3.63) is 0 Å². The highest BCUT2D eigenvalue weighted by Gasteiger charge is 2.49. The Morgan fingerprint density at radius 1 is 1.22 bits per heavy atom. The number of carboxylic acid groups (broad SMARTS) is 1. The second-order valence-corrected chi connectivity index (χ2v) is 6.35. The Hall–Kier alpha value is -0.610. The fourth-order valence-corrected chi connectivity index (χ4v) is 4.34. The second kappa shape index (κ2) is 4.82. The first kappa shape index (κ1) is 12.4. The Labute approximate surface area is 109 Å². The van der Waals surface area contributed by atoms with E-state index in [2.05, 4.69) is 10.2 Å². The van der Waals surface area contributed by atoms with Crippen LogP contribution in [-0.2, 0) is 4.79 Å². The highest BCUT2D eigenvalue weighted by atomic mass is 16.4. The molecule has 2 heterocycles. The Kier molecular flexibility index (Phi) is 3.32. The molecule has 2 N–H and O–H groups in total. The molecule has 0 spiro atoms. The SMILES string of the molecule is O=C(O)CC1(N2CCC[C@H]3CCCC[C@H]32)CNC1. The first-order valence-corrected chi connectivity index (χ1v) is 7.41. The van der Waals surface area contributed by atoms with E-state index in [1.807, 2.05) is 0 Å². The van der Waals surface area contributed by atoms with E-state index in [0.717, 1.165) is 25.6 Å². The summed E-state index contributed by atoms with van der Waals surface area (Å²) in [6.07, 6.45) is 8.26. The fourth-order valence-electron chi connectivity index (χ4n) is 4.34. The topological polar surface area (TPSA) is 52.6 Å². The van der Waals surface area contributed by atoms with Gasteiger partial charge < -0.3 is 10.4 Å². The summed E-state index contributed by atoms with van der Waals surface area (Å²) in [6, 6.07) is 0.661. The minimum Gasteiger partial charge on any atom is -0.481 e. The first-order valence-electron chi connectivity index (χ1n) is 7.41. The molecule has 102 valence electrons. The van der Waals surface area contributed by atoms with Crippen molar-refractivity contribution in [2.45, 2.75) is 56.5 Å². The van der Waals surface area contributed by atoms with Crippen LogP contribution < -0.4 is 5.32 Å². The van der Waals surface area contributed by atoms with Crippen molar-refractivity contribution in [1.82, 2.24) is 10.2 Å². The number of carboxylic acids is 1. The average Bonchev–Trinajstić information content (AvgIpc) is 2.33. The molecule has 0 unspecified atom stereocenters. The van der Waals surface area contributed by atoms with E-state index in [1.54, 1.807) is 0 Å². The van der Waals surface area contributed by atoms with Gasteiger partial charge in [0.25, 0.3) is 0 Å². The average molecular weight is 252 g/mol. The third-order valence-corrected chi connectivity index (χ3v) is 5.24. The summed E-state index contributed by atoms with van der Waals surface area (Å²) < 4.78 is 0. The Balaban J connectivity index is 1.77. The maximum atomic E-state index is 11.2. The summed E-state index contributed by atoms with van der Waals surface area (Å²) in [4.78, 5) is 13.7. The molecular formula is C14H24N2O2. The molecule has 0 aromatic carbocycles. The molecule has 0 radical (unpaired) electrons. The molecule has 0 bridgehead atoms. The van der Waals surface area contributed by atoms with Crippen LogP contribution in [0.1, 0.15) is 44.9 Å². The first-order chi connectivity index (χ1) is 8.71. The largest absolute Gasteiger partial charge is 0.481 e. The van der Waals surface area contributed by atoms with Gasteiger partial charge in [-0.3, -0.25) is 9.69 Å². The van der Waals surface area contributed by atoms with Crippen LogP contribution in [0.5, 0.6) is 0 Å². The lowest BCUT2D eigenvalue weighted by atomic mass is 9.74. The smallest absolute Gasteiger partial charge is 0.305 e. The van der Waals surface area contributed by atoms with Crippen LogP contribution in [0.15, 0.2) is 0 Å². The summed E-state index contributed by atoms with van der Waals surface area (Å²) in [7, 11) is 0. The second-order valence-electron chi connectivity index (χ2n) is 6.35. The molecule has 0 aromatic rings. The number of likely N-dealkylation sites (tertiary alicyclic amines) is 1. The number of rotatable bonds is 3. The number of nitrogens with one attached hydrogen (secondary N) is 1. The minimum atomic E-state index is -0.644. The summed E-state index contributed by atoms with van der Waals surface area (Å²) in [5, 5.41) is 12.5. The summed E-state index contributed by atoms with van der Waals surface area (Å²) in [6.45, 7) is 2.83. The molecule has 3 rings (SSSR count). The molecule has 3 fully saturated rings. The molecule has 2 saturated heterocycles. The van der Waals surface area contributed by atoms with E-state index in [0.29, 0.717) is 12.5 Å². The van der Waals surface area contributed by atoms with Crippen molar-refractivity contribution < 1.29 is 9.90 Å². The van der Waals surface area contributed by atoms with Gasteiger partial charge in [0.2, 0.25) is 0 Å². The predicted octanol–water partition coefficient (Wildman–Crippen LogP) is 1.46. The van der Waals surface area contributed by atoms with Gasteiger partial charge in [-0.1, -0.05) is 12.8 Å². The zero-order valence-electron chi connectivity index (χ0n) is 11.0. The van der Waals surface area contributed by atoms with E-state index >= 15 is 0 Å². The maximum Gasteiger partial charge on any atom is 0.305 e. The van der Waals surface area contributed by atoms with Crippen LogP contribution in [0.3, 0.4) is 0 Å². The molecule has 18 heavy (non-hydrogen) atoms. The van der Waals surface area contributed by atoms with Gasteiger partial charge in [0, 0.05) is 19.1 Å². The molecular weight excluding hydrogens is 228 g/mol. The molecule has 1 saturated carbocycles. The molecule has 0 amide bonds. The molecule has 4 heteroatoms. The number of nitrogens with zero attached hydrogens (tertiary/aromatic N) is 1. The summed E-state index contributed by atoms with van der Waals surface area (Å²) in [5.41, 5.74) is -0.0769. The standard InChI is InChI=1S/C14H24N2O2/c17-13(18)8-14(9-15-10-14)16-7-3-5-11-4-1-2-6-12(11)16/h11-12,15H,1-10H2,(H,17,18)/t11-,12-/m1/s1. The quantitative estimate of drug-likeness (QED) is 0.798. The van der Waals surface area contributed by atoms with Gasteiger partial charge in [0.05, 0.1) is 12.0 Å². The van der Waals surface area contributed by atoms with Crippen molar-refractivity contribution in [3.8, 4) is 0 Å². The zero-order chi connectivity index (χ0) is 12.6. The molecule has 4 nitrogen and oxygen atoms in total. The van der Waals surface area contributed by atoms with Crippen LogP contribution in [0.25, 0.3) is 0 Å². The van der Waals surface area contributed by atoms with Crippen molar-refractivity contribution in [2.24, 2.45) is 5.92 Å². The Morgan fingerprint density at radius 3 is 2.61 bits per heavy atom. The highest BCUT2D eigenvalue weighted by molar-refractivity contribution is 5.69. The van der Waals surface area contributed by atoms with Gasteiger partial charge in [-0.25, -0.2) is 0 Å². The third kappa shape index (κ3) is 2.05. The van der Waals surface area contributed by atoms with Crippen molar-refractivity contribution in [1.29, 1.82) is 0 Å². The van der Waals surface area contributed by atoms with Gasteiger partial charge in [-0.15, -0.1) is 0 Å². The number of fused-ring (bicyclic) bond motifs is 1. The summed E-state index contributed by atoms with van der Waals surface area (Å²) >= 11 is 0. The third-order valence-electron chi connectivity index (χ3n) is 5.24. The Bertz CT molecular complexity index is 326. The maximum absolute atomic E-state index is 11.2. The monoisotopic (exact) mass is 252 g/mol. The number of hydrogen-bond acceptors (Lipinski definition) is 3. The van der Waals surface area contributed by atoms with E-state index in [1.165, 1.54) is 38.5 Å². The van der Waals surface area contributed by atoms with Gasteiger partial charge in [-0.05, 0) is 38.1 Å². The number of hydrogen-bond donors (Lipinski definition) is 2. The van der Waals surface area contributed by atoms with Crippen LogP contribution in [-0.4, -0.2) is 47.2 Å². The number of aliphatic carboxylic acids is 1. The zero-order valence-corrected chi connectivity index (χ0v) is 11.0. The lowest BCUT2D eigenvalue weighted by Gasteiger charge is -2.57. The molecule has 0 aromatic heterocycles. The van der Waals surface area contributed by atoms with Crippen LogP contribution in [0.4, 0.5) is 0 Å². The van der Waals surface area contributed by atoms with Crippen molar-refractivity contribution >= 4 is 5.97 Å². The van der Waals surface area contributed by atoms with E-state index in [9.17, 15) is 9.90 Å². The Morgan fingerprint density at radius 2 is 1.94 bits per heavy atom. The van der Waals surface area contributed by atoms with Gasteiger partial charge in [-0.2, -0.15) is 0 Å². The molecule has 3 aliphatic rings. The lowest BCUT2D eigenvalue weighted by molar-refractivity contribution is -0.144. The molecule has 2 aliphatic heterocycles. The molecule has 2 atom stereocenters. The molecule has 1 aliphatic carbocycles. The minimum absolute atomic E-state index is 0.0769. The fraction of sp³-hybridized carbons (Fsp3) is 0.929. The van der Waals surface area contributed by atoms with Crippen molar-refractivity contribution in [2.75, 3.05) is 19.6 Å². The van der Waals surface area contributed by atoms with E-state index in [-0.39, 0.29) is 5.54 Å². The number of carbonyl (C=O) groups is 1. The lowest BCUT2D eigenvalue weighted by Crippen LogP contribution is -2.73.